The van der Waals surface area contributed by atoms with Gasteiger partial charge in [-0.05, 0) is 23.3 Å². The van der Waals surface area contributed by atoms with Crippen LogP contribution in [0.25, 0.3) is 0 Å². The molecule has 20 heavy (non-hydrogen) atoms. The average Bonchev–Trinajstić information content (AvgIpc) is 2.91. The van der Waals surface area contributed by atoms with Crippen molar-refractivity contribution in [3.8, 4) is 0 Å². The van der Waals surface area contributed by atoms with E-state index in [1.165, 1.54) is 5.56 Å². The molecule has 1 aliphatic heterocycles. The molecule has 1 aliphatic rings. The van der Waals surface area contributed by atoms with Crippen LogP contribution in [0.1, 0.15) is 11.1 Å². The second-order valence-corrected chi connectivity index (χ2v) is 5.11. The third-order valence-electron chi connectivity index (χ3n) is 3.59. The molecule has 0 fully saturated rings. The smallest absolute Gasteiger partial charge is 0.245 e. The fourth-order valence-electron chi connectivity index (χ4n) is 2.56. The zero-order valence-electron chi connectivity index (χ0n) is 11.4. The summed E-state index contributed by atoms with van der Waals surface area (Å²) in [7, 11) is 1.83. The van der Waals surface area contributed by atoms with E-state index in [1.54, 1.807) is 17.3 Å². The van der Waals surface area contributed by atoms with Crippen LogP contribution in [0, 0.1) is 0 Å². The van der Waals surface area contributed by atoms with Crippen molar-refractivity contribution in [2.24, 2.45) is 0 Å². The quantitative estimate of drug-likeness (QED) is 0.926. The van der Waals surface area contributed by atoms with Crippen LogP contribution in [0.5, 0.6) is 0 Å². The van der Waals surface area contributed by atoms with E-state index >= 15 is 0 Å². The van der Waals surface area contributed by atoms with Crippen molar-refractivity contribution >= 4 is 11.6 Å². The summed E-state index contributed by atoms with van der Waals surface area (Å²) < 4.78 is 0. The molecule has 4 nitrogen and oxygen atoms in total. The Morgan fingerprint density at radius 1 is 1.35 bits per heavy atom. The second-order valence-electron chi connectivity index (χ2n) is 5.11. The summed E-state index contributed by atoms with van der Waals surface area (Å²) in [6.45, 7) is 0.585. The second kappa shape index (κ2) is 5.33. The van der Waals surface area contributed by atoms with Gasteiger partial charge in [-0.25, -0.2) is 0 Å². The number of fused-ring (bicyclic) bond motifs is 1. The van der Waals surface area contributed by atoms with Crippen LogP contribution in [0.4, 0.5) is 5.69 Å². The van der Waals surface area contributed by atoms with E-state index in [1.807, 2.05) is 37.4 Å². The van der Waals surface area contributed by atoms with Crippen molar-refractivity contribution in [1.29, 1.82) is 0 Å². The van der Waals surface area contributed by atoms with E-state index in [0.29, 0.717) is 6.54 Å². The van der Waals surface area contributed by atoms with Crippen LogP contribution in [0.15, 0.2) is 48.8 Å². The highest BCUT2D eigenvalue weighted by atomic mass is 16.2. The molecule has 4 heteroatoms. The number of nitrogens with one attached hydrogen (secondary N) is 1. The lowest BCUT2D eigenvalue weighted by Crippen LogP contribution is -2.39. The Morgan fingerprint density at radius 3 is 2.95 bits per heavy atom. The molecule has 0 bridgehead atoms. The van der Waals surface area contributed by atoms with Gasteiger partial charge in [0, 0.05) is 38.1 Å². The summed E-state index contributed by atoms with van der Waals surface area (Å²) in [5.74, 6) is 0.116. The molecule has 1 amide bonds. The topological polar surface area (TPSA) is 45.2 Å². The van der Waals surface area contributed by atoms with E-state index in [2.05, 4.69) is 16.4 Å². The van der Waals surface area contributed by atoms with Crippen LogP contribution in [-0.4, -0.2) is 28.9 Å². The van der Waals surface area contributed by atoms with Crippen molar-refractivity contribution in [3.63, 3.8) is 0 Å². The maximum Gasteiger partial charge on any atom is 0.245 e. The first kappa shape index (κ1) is 12.7. The minimum Gasteiger partial charge on any atom is -0.373 e. The lowest BCUT2D eigenvalue weighted by Gasteiger charge is -2.21. The van der Waals surface area contributed by atoms with Crippen molar-refractivity contribution in [3.05, 3.63) is 59.9 Å². The maximum absolute atomic E-state index is 12.5. The van der Waals surface area contributed by atoms with Gasteiger partial charge in [0.1, 0.15) is 6.04 Å². The van der Waals surface area contributed by atoms with Crippen molar-refractivity contribution in [1.82, 2.24) is 9.88 Å². The Labute approximate surface area is 118 Å². The van der Waals surface area contributed by atoms with Crippen LogP contribution < -0.4 is 5.32 Å². The van der Waals surface area contributed by atoms with E-state index in [-0.39, 0.29) is 11.9 Å². The molecule has 0 radical (unpaired) electrons. The standard InChI is InChI=1S/C16H17N3O/c1-19(11-12-5-4-8-17-10-12)16(20)15-9-13-6-2-3-7-14(13)18-15/h2-8,10,15,18H,9,11H2,1H3/t15-/m0/s1. The molecule has 1 atom stereocenters. The van der Waals surface area contributed by atoms with Gasteiger partial charge in [-0.15, -0.1) is 0 Å². The zero-order chi connectivity index (χ0) is 13.9. The van der Waals surface area contributed by atoms with E-state index in [4.69, 9.17) is 0 Å². The first-order valence-corrected chi connectivity index (χ1v) is 6.72. The van der Waals surface area contributed by atoms with Crippen LogP contribution in [0.2, 0.25) is 0 Å². The number of hydrogen-bond acceptors (Lipinski definition) is 3. The summed E-state index contributed by atoms with van der Waals surface area (Å²) >= 11 is 0. The summed E-state index contributed by atoms with van der Waals surface area (Å²) in [6, 6.07) is 11.8. The molecule has 102 valence electrons. The number of anilines is 1. The molecule has 1 aromatic carbocycles. The number of nitrogens with zero attached hydrogens (tertiary/aromatic N) is 2. The third kappa shape index (κ3) is 2.50. The van der Waals surface area contributed by atoms with Crippen molar-refractivity contribution < 1.29 is 4.79 Å². The highest BCUT2D eigenvalue weighted by Gasteiger charge is 2.28. The normalized spacial score (nSPS) is 16.4. The fraction of sp³-hybridized carbons (Fsp3) is 0.250. The maximum atomic E-state index is 12.5. The van der Waals surface area contributed by atoms with Gasteiger partial charge in [0.25, 0.3) is 0 Å². The monoisotopic (exact) mass is 267 g/mol. The molecule has 0 saturated carbocycles. The number of rotatable bonds is 3. The number of para-hydroxylation sites is 1. The summed E-state index contributed by atoms with van der Waals surface area (Å²) in [5, 5.41) is 3.29. The molecule has 1 aromatic heterocycles. The Morgan fingerprint density at radius 2 is 2.20 bits per heavy atom. The zero-order valence-corrected chi connectivity index (χ0v) is 11.4. The van der Waals surface area contributed by atoms with Crippen LogP contribution in [0.3, 0.4) is 0 Å². The SMILES string of the molecule is CN(Cc1cccnc1)C(=O)[C@@H]1Cc2ccccc2N1. The molecular weight excluding hydrogens is 250 g/mol. The minimum absolute atomic E-state index is 0.116. The Bertz CT molecular complexity index is 587. The third-order valence-corrected chi connectivity index (χ3v) is 3.59. The molecule has 0 aliphatic carbocycles. The number of amides is 1. The lowest BCUT2D eigenvalue weighted by molar-refractivity contribution is -0.131. The minimum atomic E-state index is -0.158. The molecule has 3 rings (SSSR count). The summed E-state index contributed by atoms with van der Waals surface area (Å²) in [5.41, 5.74) is 3.32. The van der Waals surface area contributed by atoms with Gasteiger partial charge in [0.15, 0.2) is 0 Å². The fourth-order valence-corrected chi connectivity index (χ4v) is 2.56. The van der Waals surface area contributed by atoms with Gasteiger partial charge in [-0.2, -0.15) is 0 Å². The number of carbonyl (C=O) groups is 1. The Hall–Kier alpha value is -2.36. The highest BCUT2D eigenvalue weighted by molar-refractivity contribution is 5.87. The first-order valence-electron chi connectivity index (χ1n) is 6.72. The molecule has 1 N–H and O–H groups in total. The Balaban J connectivity index is 1.66. The molecule has 2 heterocycles. The number of hydrogen-bond donors (Lipinski definition) is 1. The van der Waals surface area contributed by atoms with Gasteiger partial charge >= 0.3 is 0 Å². The number of aromatic nitrogens is 1. The summed E-state index contributed by atoms with van der Waals surface area (Å²) in [6.07, 6.45) is 4.29. The number of pyridine rings is 1. The van der Waals surface area contributed by atoms with Gasteiger partial charge in [0.05, 0.1) is 0 Å². The van der Waals surface area contributed by atoms with Crippen molar-refractivity contribution in [2.45, 2.75) is 19.0 Å². The first-order chi connectivity index (χ1) is 9.74. The molecule has 0 spiro atoms. The van der Waals surface area contributed by atoms with E-state index in [9.17, 15) is 4.79 Å². The van der Waals surface area contributed by atoms with Gasteiger partial charge in [0.2, 0.25) is 5.91 Å². The van der Waals surface area contributed by atoms with E-state index in [0.717, 1.165) is 17.7 Å². The largest absolute Gasteiger partial charge is 0.373 e. The van der Waals surface area contributed by atoms with Crippen LogP contribution in [-0.2, 0) is 17.8 Å². The van der Waals surface area contributed by atoms with Crippen LogP contribution >= 0.6 is 0 Å². The predicted molar refractivity (Wildman–Crippen MR) is 78.3 cm³/mol. The highest BCUT2D eigenvalue weighted by Crippen LogP contribution is 2.26. The molecular formula is C16H17N3O. The lowest BCUT2D eigenvalue weighted by atomic mass is 10.1. The molecule has 2 aromatic rings. The van der Waals surface area contributed by atoms with E-state index < -0.39 is 0 Å². The molecule has 0 unspecified atom stereocenters. The average molecular weight is 267 g/mol. The van der Waals surface area contributed by atoms with Gasteiger partial charge in [-0.1, -0.05) is 24.3 Å². The number of benzene rings is 1. The molecule has 0 saturated heterocycles. The number of carbonyl (C=O) groups excluding carboxylic acids is 1. The Kier molecular flexibility index (Phi) is 3.37. The van der Waals surface area contributed by atoms with Crippen molar-refractivity contribution in [2.75, 3.05) is 12.4 Å². The number of likely N-dealkylation sites (N-methyl/N-ethyl adjacent to an activating group) is 1. The summed E-state index contributed by atoms with van der Waals surface area (Å²) in [4.78, 5) is 18.3. The predicted octanol–water partition coefficient (Wildman–Crippen LogP) is 2.08. The van der Waals surface area contributed by atoms with Gasteiger partial charge < -0.3 is 10.2 Å². The van der Waals surface area contributed by atoms with Gasteiger partial charge in [-0.3, -0.25) is 9.78 Å².